The Hall–Kier alpha value is -1.60. The minimum Gasteiger partial charge on any atom is -0.374 e. The number of nitrogens with zero attached hydrogens (tertiary/aromatic N) is 2. The van der Waals surface area contributed by atoms with E-state index in [1.54, 1.807) is 4.57 Å². The summed E-state index contributed by atoms with van der Waals surface area (Å²) in [4.78, 5) is 0. The van der Waals surface area contributed by atoms with Crippen molar-refractivity contribution in [3.63, 3.8) is 0 Å². The third-order valence-electron chi connectivity index (χ3n) is 2.49. The first kappa shape index (κ1) is 13.8. The molecule has 1 heterocycles. The summed E-state index contributed by atoms with van der Waals surface area (Å²) >= 11 is 5.12. The Bertz CT molecular complexity index is 568. The molecule has 0 aliphatic heterocycles. The monoisotopic (exact) mass is 285 g/mol. The molecule has 19 heavy (non-hydrogen) atoms. The van der Waals surface area contributed by atoms with Crippen molar-refractivity contribution in [3.8, 4) is 11.4 Å². The average Bonchev–Trinajstić information content (AvgIpc) is 2.77. The van der Waals surface area contributed by atoms with E-state index in [0.29, 0.717) is 17.1 Å². The first-order chi connectivity index (χ1) is 9.18. The van der Waals surface area contributed by atoms with Crippen molar-refractivity contribution in [1.82, 2.24) is 14.8 Å². The Balaban J connectivity index is 2.08. The Kier molecular flexibility index (Phi) is 4.75. The number of H-pyrrole nitrogens is 1. The van der Waals surface area contributed by atoms with Crippen molar-refractivity contribution < 1.29 is 13.5 Å². The summed E-state index contributed by atoms with van der Waals surface area (Å²) in [5.41, 5.74) is 0.906. The number of benzene rings is 1. The van der Waals surface area contributed by atoms with E-state index in [0.717, 1.165) is 5.56 Å². The molecule has 0 radical (unpaired) electrons. The minimum atomic E-state index is -2.45. The molecule has 0 fully saturated rings. The summed E-state index contributed by atoms with van der Waals surface area (Å²) in [5.74, 6) is 0.672. The van der Waals surface area contributed by atoms with Gasteiger partial charge in [-0.1, -0.05) is 30.3 Å². The van der Waals surface area contributed by atoms with Gasteiger partial charge in [-0.3, -0.25) is 9.67 Å². The van der Waals surface area contributed by atoms with Crippen LogP contribution in [0.4, 0.5) is 8.78 Å². The van der Waals surface area contributed by atoms with Gasteiger partial charge < -0.3 is 4.74 Å². The molecule has 1 N–H and O–H groups in total. The number of halogens is 2. The lowest BCUT2D eigenvalue weighted by atomic mass is 10.2. The lowest BCUT2D eigenvalue weighted by Gasteiger charge is -2.07. The van der Waals surface area contributed by atoms with Gasteiger partial charge >= 0.3 is 0 Å². The fraction of sp³-hybridized carbons (Fsp3) is 0.333. The first-order valence-electron chi connectivity index (χ1n) is 5.75. The number of rotatable bonds is 6. The third kappa shape index (κ3) is 3.68. The molecule has 0 bridgehead atoms. The van der Waals surface area contributed by atoms with E-state index >= 15 is 0 Å². The van der Waals surface area contributed by atoms with Gasteiger partial charge in [-0.05, 0) is 12.2 Å². The minimum absolute atomic E-state index is 0.165. The Morgan fingerprint density at radius 2 is 2.05 bits per heavy atom. The van der Waals surface area contributed by atoms with Crippen LogP contribution in [0.15, 0.2) is 30.3 Å². The largest absolute Gasteiger partial charge is 0.374 e. The molecule has 0 aliphatic rings. The van der Waals surface area contributed by atoms with Crippen molar-refractivity contribution in [2.75, 3.05) is 13.2 Å². The van der Waals surface area contributed by atoms with Crippen molar-refractivity contribution >= 4 is 12.2 Å². The quantitative estimate of drug-likeness (QED) is 0.655. The van der Waals surface area contributed by atoms with Crippen LogP contribution in [0.2, 0.25) is 0 Å². The Labute approximate surface area is 114 Å². The van der Waals surface area contributed by atoms with E-state index in [1.165, 1.54) is 0 Å². The molecule has 1 aromatic heterocycles. The van der Waals surface area contributed by atoms with Gasteiger partial charge in [0, 0.05) is 5.56 Å². The highest BCUT2D eigenvalue weighted by Crippen LogP contribution is 2.16. The maximum atomic E-state index is 12.0. The van der Waals surface area contributed by atoms with Crippen LogP contribution in [-0.4, -0.2) is 34.4 Å². The topological polar surface area (TPSA) is 42.8 Å². The second-order valence-electron chi connectivity index (χ2n) is 3.84. The fourth-order valence-corrected chi connectivity index (χ4v) is 1.88. The first-order valence-corrected chi connectivity index (χ1v) is 6.16. The molecule has 0 spiro atoms. The SMILES string of the molecule is FC(F)COCCn1c(-c2ccccc2)n[nH]c1=S. The number of alkyl halides is 2. The van der Waals surface area contributed by atoms with Gasteiger partial charge in [0.1, 0.15) is 6.61 Å². The molecular weight excluding hydrogens is 272 g/mol. The molecule has 2 rings (SSSR count). The molecule has 0 unspecified atom stereocenters. The lowest BCUT2D eigenvalue weighted by Crippen LogP contribution is -2.11. The van der Waals surface area contributed by atoms with Gasteiger partial charge in [0.25, 0.3) is 6.43 Å². The third-order valence-corrected chi connectivity index (χ3v) is 2.81. The molecule has 0 amide bonds. The summed E-state index contributed by atoms with van der Waals surface area (Å²) in [6.45, 7) is -0.0177. The number of hydrogen-bond acceptors (Lipinski definition) is 3. The van der Waals surface area contributed by atoms with Crippen LogP contribution in [0.25, 0.3) is 11.4 Å². The zero-order valence-corrected chi connectivity index (χ0v) is 10.9. The van der Waals surface area contributed by atoms with Crippen molar-refractivity contribution in [3.05, 3.63) is 35.1 Å². The van der Waals surface area contributed by atoms with E-state index in [-0.39, 0.29) is 6.61 Å². The predicted octanol–water partition coefficient (Wildman–Crippen LogP) is 2.89. The van der Waals surface area contributed by atoms with Gasteiger partial charge in [-0.15, -0.1) is 0 Å². The maximum absolute atomic E-state index is 12.0. The normalized spacial score (nSPS) is 11.1. The second-order valence-corrected chi connectivity index (χ2v) is 4.22. The average molecular weight is 285 g/mol. The zero-order valence-electron chi connectivity index (χ0n) is 10.1. The number of aromatic nitrogens is 3. The van der Waals surface area contributed by atoms with Crippen LogP contribution in [0, 0.1) is 4.77 Å². The van der Waals surface area contributed by atoms with E-state index in [9.17, 15) is 8.78 Å². The Morgan fingerprint density at radius 3 is 2.74 bits per heavy atom. The molecule has 102 valence electrons. The standard InChI is InChI=1S/C12H13F2N3OS/c13-10(14)8-18-7-6-17-11(15-16-12(17)19)9-4-2-1-3-5-9/h1-5,10H,6-8H2,(H,16,19). The molecule has 2 aromatic rings. The molecule has 1 aromatic carbocycles. The maximum Gasteiger partial charge on any atom is 0.261 e. The molecule has 7 heteroatoms. The van der Waals surface area contributed by atoms with Crippen LogP contribution < -0.4 is 0 Å². The van der Waals surface area contributed by atoms with Crippen LogP contribution in [0.1, 0.15) is 0 Å². The van der Waals surface area contributed by atoms with Gasteiger partial charge in [0.15, 0.2) is 10.6 Å². The molecule has 0 saturated carbocycles. The fourth-order valence-electron chi connectivity index (χ4n) is 1.66. The van der Waals surface area contributed by atoms with Gasteiger partial charge in [0.2, 0.25) is 0 Å². The van der Waals surface area contributed by atoms with E-state index in [2.05, 4.69) is 10.2 Å². The van der Waals surface area contributed by atoms with Crippen molar-refractivity contribution in [2.45, 2.75) is 13.0 Å². The summed E-state index contributed by atoms with van der Waals surface area (Å²) in [6, 6.07) is 9.50. The Morgan fingerprint density at radius 1 is 1.32 bits per heavy atom. The summed E-state index contributed by atoms with van der Waals surface area (Å²) in [7, 11) is 0. The predicted molar refractivity (Wildman–Crippen MR) is 69.7 cm³/mol. The van der Waals surface area contributed by atoms with E-state index in [4.69, 9.17) is 17.0 Å². The molecule has 4 nitrogen and oxygen atoms in total. The smallest absolute Gasteiger partial charge is 0.261 e. The summed E-state index contributed by atoms with van der Waals surface area (Å²) in [6.07, 6.45) is -2.45. The second kappa shape index (κ2) is 6.53. The van der Waals surface area contributed by atoms with Crippen LogP contribution in [0.3, 0.4) is 0 Å². The van der Waals surface area contributed by atoms with Crippen molar-refractivity contribution in [2.24, 2.45) is 0 Å². The van der Waals surface area contributed by atoms with E-state index in [1.807, 2.05) is 30.3 Å². The summed E-state index contributed by atoms with van der Waals surface area (Å²) < 4.78 is 30.9. The summed E-state index contributed by atoms with van der Waals surface area (Å²) in [5, 5.41) is 6.84. The van der Waals surface area contributed by atoms with Crippen molar-refractivity contribution in [1.29, 1.82) is 0 Å². The number of hydrogen-bond donors (Lipinski definition) is 1. The number of aromatic amines is 1. The molecule has 0 atom stereocenters. The number of ether oxygens (including phenoxy) is 1. The zero-order chi connectivity index (χ0) is 13.7. The highest BCUT2D eigenvalue weighted by Gasteiger charge is 2.08. The lowest BCUT2D eigenvalue weighted by molar-refractivity contribution is 0.0148. The highest BCUT2D eigenvalue weighted by atomic mass is 32.1. The molecular formula is C12H13F2N3OS. The van der Waals surface area contributed by atoms with Gasteiger partial charge in [-0.25, -0.2) is 8.78 Å². The van der Waals surface area contributed by atoms with Gasteiger partial charge in [-0.2, -0.15) is 5.10 Å². The van der Waals surface area contributed by atoms with Crippen LogP contribution >= 0.6 is 12.2 Å². The number of nitrogens with one attached hydrogen (secondary N) is 1. The van der Waals surface area contributed by atoms with E-state index < -0.39 is 13.0 Å². The molecule has 0 saturated heterocycles. The van der Waals surface area contributed by atoms with Crippen LogP contribution in [0.5, 0.6) is 0 Å². The molecule has 0 aliphatic carbocycles. The highest BCUT2D eigenvalue weighted by molar-refractivity contribution is 7.71. The van der Waals surface area contributed by atoms with Gasteiger partial charge in [0.05, 0.1) is 13.2 Å². The van der Waals surface area contributed by atoms with Crippen LogP contribution in [-0.2, 0) is 11.3 Å².